The molecule has 1 heterocycles. The van der Waals surface area contributed by atoms with Gasteiger partial charge < -0.3 is 0 Å². The van der Waals surface area contributed by atoms with Gasteiger partial charge in [-0.1, -0.05) is 18.2 Å². The molecule has 3 nitrogen and oxygen atoms in total. The van der Waals surface area contributed by atoms with Crippen molar-refractivity contribution >= 4 is 23.3 Å². The second-order valence-corrected chi connectivity index (χ2v) is 4.00. The van der Waals surface area contributed by atoms with Crippen LogP contribution in [0.1, 0.15) is 0 Å². The molecule has 19 heavy (non-hydrogen) atoms. The number of fused-ring (bicyclic) bond motifs is 1. The summed E-state index contributed by atoms with van der Waals surface area (Å²) in [5, 5.41) is 7.08. The van der Waals surface area contributed by atoms with E-state index in [1.807, 2.05) is 6.07 Å². The molecule has 0 aliphatic rings. The molecule has 0 aliphatic carbocycles. The molecule has 0 unspecified atom stereocenters. The molecule has 0 atom stereocenters. The standard InChI is InChI=1S/C14H9FN2O.ClH/c15-11-4-1-9(2-5-11)10-3-6-13-12(7-10)14(18)8-16-17-13;/h1-8H,(H,17,18);1H. The molecule has 0 radical (unpaired) electrons. The fourth-order valence-corrected chi connectivity index (χ4v) is 1.90. The Kier molecular flexibility index (Phi) is 3.62. The van der Waals surface area contributed by atoms with E-state index in [-0.39, 0.29) is 23.7 Å². The smallest absolute Gasteiger partial charge is 0.207 e. The number of hydrogen-bond acceptors (Lipinski definition) is 2. The van der Waals surface area contributed by atoms with E-state index in [0.29, 0.717) is 10.9 Å². The van der Waals surface area contributed by atoms with Crippen LogP contribution >= 0.6 is 12.4 Å². The maximum atomic E-state index is 12.9. The van der Waals surface area contributed by atoms with Gasteiger partial charge in [0.2, 0.25) is 5.43 Å². The molecule has 3 rings (SSSR count). The Balaban J connectivity index is 0.00000133. The normalized spacial score (nSPS) is 10.2. The molecule has 5 heteroatoms. The summed E-state index contributed by atoms with van der Waals surface area (Å²) in [7, 11) is 0. The number of nitrogens with zero attached hydrogens (tertiary/aromatic N) is 1. The van der Waals surface area contributed by atoms with Gasteiger partial charge in [-0.05, 0) is 35.4 Å². The molecule has 0 spiro atoms. The van der Waals surface area contributed by atoms with Crippen LogP contribution in [0.3, 0.4) is 0 Å². The highest BCUT2D eigenvalue weighted by atomic mass is 35.5. The third-order valence-electron chi connectivity index (χ3n) is 2.83. The molecule has 0 saturated carbocycles. The van der Waals surface area contributed by atoms with E-state index in [2.05, 4.69) is 10.2 Å². The van der Waals surface area contributed by atoms with Crippen molar-refractivity contribution in [2.45, 2.75) is 0 Å². The first-order valence-corrected chi connectivity index (χ1v) is 5.47. The molecular weight excluding hydrogens is 267 g/mol. The van der Waals surface area contributed by atoms with Crippen LogP contribution in [0.2, 0.25) is 0 Å². The van der Waals surface area contributed by atoms with Gasteiger partial charge in [0.1, 0.15) is 5.82 Å². The molecule has 1 N–H and O–H groups in total. The Hall–Kier alpha value is -2.20. The predicted octanol–water partition coefficient (Wildman–Crippen LogP) is 3.15. The predicted molar refractivity (Wildman–Crippen MR) is 75.0 cm³/mol. The lowest BCUT2D eigenvalue weighted by Gasteiger charge is -2.03. The SMILES string of the molecule is Cl.O=c1cn[nH]c2ccc(-c3ccc(F)cc3)cc12. The van der Waals surface area contributed by atoms with Crippen LogP contribution < -0.4 is 5.43 Å². The van der Waals surface area contributed by atoms with E-state index >= 15 is 0 Å². The lowest BCUT2D eigenvalue weighted by Crippen LogP contribution is -2.02. The Morgan fingerprint density at radius 3 is 2.42 bits per heavy atom. The zero-order valence-electron chi connectivity index (χ0n) is 9.76. The Morgan fingerprint density at radius 1 is 1.00 bits per heavy atom. The van der Waals surface area contributed by atoms with Gasteiger partial charge in [0.05, 0.1) is 11.7 Å². The number of benzene rings is 2. The third-order valence-corrected chi connectivity index (χ3v) is 2.83. The maximum absolute atomic E-state index is 12.9. The van der Waals surface area contributed by atoms with Gasteiger partial charge in [0.25, 0.3) is 0 Å². The van der Waals surface area contributed by atoms with Gasteiger partial charge in [-0.25, -0.2) is 4.39 Å². The van der Waals surface area contributed by atoms with Crippen molar-refractivity contribution < 1.29 is 4.39 Å². The molecule has 0 aliphatic heterocycles. The summed E-state index contributed by atoms with van der Waals surface area (Å²) < 4.78 is 12.9. The minimum atomic E-state index is -0.276. The number of aromatic amines is 1. The van der Waals surface area contributed by atoms with Crippen LogP contribution in [0.5, 0.6) is 0 Å². The van der Waals surface area contributed by atoms with Gasteiger partial charge in [-0.2, -0.15) is 5.10 Å². The number of rotatable bonds is 1. The summed E-state index contributed by atoms with van der Waals surface area (Å²) in [6, 6.07) is 11.6. The van der Waals surface area contributed by atoms with Crippen LogP contribution in [-0.2, 0) is 0 Å². The summed E-state index contributed by atoms with van der Waals surface area (Å²) in [5.74, 6) is -0.276. The minimum Gasteiger partial charge on any atom is -0.287 e. The highest BCUT2D eigenvalue weighted by Crippen LogP contribution is 2.22. The zero-order chi connectivity index (χ0) is 12.5. The molecule has 0 amide bonds. The Morgan fingerprint density at radius 2 is 1.68 bits per heavy atom. The lowest BCUT2D eigenvalue weighted by atomic mass is 10.0. The second-order valence-electron chi connectivity index (χ2n) is 4.00. The second kappa shape index (κ2) is 5.20. The van der Waals surface area contributed by atoms with E-state index in [4.69, 9.17) is 0 Å². The van der Waals surface area contributed by atoms with Gasteiger partial charge in [0, 0.05) is 5.39 Å². The molecule has 3 aromatic rings. The van der Waals surface area contributed by atoms with Crippen molar-refractivity contribution in [3.63, 3.8) is 0 Å². The topological polar surface area (TPSA) is 45.8 Å². The zero-order valence-corrected chi connectivity index (χ0v) is 10.6. The fourth-order valence-electron chi connectivity index (χ4n) is 1.90. The summed E-state index contributed by atoms with van der Waals surface area (Å²) >= 11 is 0. The summed E-state index contributed by atoms with van der Waals surface area (Å²) in [6.45, 7) is 0. The molecule has 0 bridgehead atoms. The number of halogens is 2. The van der Waals surface area contributed by atoms with E-state index in [1.54, 1.807) is 24.3 Å². The van der Waals surface area contributed by atoms with Crippen LogP contribution in [0.15, 0.2) is 53.5 Å². The van der Waals surface area contributed by atoms with Gasteiger partial charge in [-0.3, -0.25) is 9.89 Å². The molecule has 1 aromatic heterocycles. The van der Waals surface area contributed by atoms with Crippen LogP contribution in [-0.4, -0.2) is 10.2 Å². The average Bonchev–Trinajstić information content (AvgIpc) is 2.40. The largest absolute Gasteiger partial charge is 0.287 e. The summed E-state index contributed by atoms with van der Waals surface area (Å²) in [4.78, 5) is 11.7. The molecule has 0 fully saturated rings. The van der Waals surface area contributed by atoms with Crippen molar-refractivity contribution in [1.82, 2.24) is 10.2 Å². The van der Waals surface area contributed by atoms with Crippen LogP contribution in [0.25, 0.3) is 22.0 Å². The quantitative estimate of drug-likeness (QED) is 0.742. The first kappa shape index (κ1) is 13.2. The van der Waals surface area contributed by atoms with Gasteiger partial charge in [-0.15, -0.1) is 12.4 Å². The Labute approximate surface area is 114 Å². The molecular formula is C14H10ClFN2O. The highest BCUT2D eigenvalue weighted by molar-refractivity contribution is 5.85. The fraction of sp³-hybridized carbons (Fsp3) is 0. The number of hydrogen-bond donors (Lipinski definition) is 1. The van der Waals surface area contributed by atoms with Gasteiger partial charge >= 0.3 is 0 Å². The molecule has 96 valence electrons. The van der Waals surface area contributed by atoms with Crippen molar-refractivity contribution in [3.05, 3.63) is 64.7 Å². The van der Waals surface area contributed by atoms with E-state index in [0.717, 1.165) is 11.1 Å². The first-order chi connectivity index (χ1) is 8.74. The van der Waals surface area contributed by atoms with Gasteiger partial charge in [0.15, 0.2) is 0 Å². The van der Waals surface area contributed by atoms with E-state index in [1.165, 1.54) is 18.3 Å². The molecule has 0 saturated heterocycles. The maximum Gasteiger partial charge on any atom is 0.207 e. The monoisotopic (exact) mass is 276 g/mol. The van der Waals surface area contributed by atoms with Crippen LogP contribution in [0.4, 0.5) is 4.39 Å². The number of aromatic nitrogens is 2. The van der Waals surface area contributed by atoms with E-state index < -0.39 is 0 Å². The van der Waals surface area contributed by atoms with Crippen molar-refractivity contribution in [2.24, 2.45) is 0 Å². The number of H-pyrrole nitrogens is 1. The average molecular weight is 277 g/mol. The summed E-state index contributed by atoms with van der Waals surface area (Å²) in [6.07, 6.45) is 1.25. The summed E-state index contributed by atoms with van der Waals surface area (Å²) in [5.41, 5.74) is 2.30. The van der Waals surface area contributed by atoms with Crippen molar-refractivity contribution in [3.8, 4) is 11.1 Å². The highest BCUT2D eigenvalue weighted by Gasteiger charge is 2.03. The number of nitrogens with one attached hydrogen (secondary N) is 1. The first-order valence-electron chi connectivity index (χ1n) is 5.47. The van der Waals surface area contributed by atoms with E-state index in [9.17, 15) is 9.18 Å². The Bertz CT molecular complexity index is 768. The molecule has 2 aromatic carbocycles. The third kappa shape index (κ3) is 2.48. The van der Waals surface area contributed by atoms with Crippen LogP contribution in [0, 0.1) is 5.82 Å². The van der Waals surface area contributed by atoms with Crippen molar-refractivity contribution in [2.75, 3.05) is 0 Å². The lowest BCUT2D eigenvalue weighted by molar-refractivity contribution is 0.628. The van der Waals surface area contributed by atoms with Crippen molar-refractivity contribution in [1.29, 1.82) is 0 Å². The minimum absolute atomic E-state index is 0.